The lowest BCUT2D eigenvalue weighted by molar-refractivity contribution is 0.191. The van der Waals surface area contributed by atoms with Gasteiger partial charge in [0.15, 0.2) is 0 Å². The zero-order chi connectivity index (χ0) is 17.6. The van der Waals surface area contributed by atoms with Crippen LogP contribution in [0, 0.1) is 5.82 Å². The molecule has 1 heterocycles. The first kappa shape index (κ1) is 17.1. The molecule has 128 valence electrons. The molecule has 3 N–H and O–H groups in total. The summed E-state index contributed by atoms with van der Waals surface area (Å²) < 4.78 is 13.2. The lowest BCUT2D eigenvalue weighted by Crippen LogP contribution is -2.13. The van der Waals surface area contributed by atoms with Gasteiger partial charge in [-0.3, -0.25) is 0 Å². The Bertz CT molecular complexity index is 844. The smallest absolute Gasteiger partial charge is 0.229 e. The zero-order valence-electron chi connectivity index (χ0n) is 13.2. The Morgan fingerprint density at radius 2 is 1.92 bits per heavy atom. The summed E-state index contributed by atoms with van der Waals surface area (Å²) in [5.41, 5.74) is 1.31. The number of aliphatic hydroxyl groups is 1. The van der Waals surface area contributed by atoms with Crippen LogP contribution in [0.3, 0.4) is 0 Å². The van der Waals surface area contributed by atoms with Gasteiger partial charge in [0, 0.05) is 23.5 Å². The molecule has 1 aromatic heterocycles. The molecule has 0 aliphatic heterocycles. The van der Waals surface area contributed by atoms with E-state index in [4.69, 9.17) is 11.6 Å². The lowest BCUT2D eigenvalue weighted by Gasteiger charge is -2.13. The van der Waals surface area contributed by atoms with Crippen molar-refractivity contribution >= 4 is 29.1 Å². The molecule has 0 bridgehead atoms. The van der Waals surface area contributed by atoms with E-state index in [1.165, 1.54) is 12.1 Å². The number of rotatable bonds is 6. The summed E-state index contributed by atoms with van der Waals surface area (Å²) in [7, 11) is 0. The molecular weight excluding hydrogens is 343 g/mol. The monoisotopic (exact) mass is 358 g/mol. The highest BCUT2D eigenvalue weighted by Gasteiger charge is 2.09. The van der Waals surface area contributed by atoms with Gasteiger partial charge in [-0.1, -0.05) is 23.7 Å². The second kappa shape index (κ2) is 7.92. The minimum absolute atomic E-state index is 0.195. The van der Waals surface area contributed by atoms with Gasteiger partial charge in [-0.2, -0.15) is 4.98 Å². The second-order valence-electron chi connectivity index (χ2n) is 5.35. The predicted octanol–water partition coefficient (Wildman–Crippen LogP) is 4.16. The maximum absolute atomic E-state index is 13.2. The maximum atomic E-state index is 13.2. The van der Waals surface area contributed by atoms with Crippen molar-refractivity contribution in [2.45, 2.75) is 6.10 Å². The van der Waals surface area contributed by atoms with Crippen molar-refractivity contribution in [3.8, 4) is 0 Å². The van der Waals surface area contributed by atoms with Gasteiger partial charge >= 0.3 is 0 Å². The van der Waals surface area contributed by atoms with Crippen LogP contribution >= 0.6 is 11.6 Å². The van der Waals surface area contributed by atoms with E-state index < -0.39 is 6.10 Å². The fourth-order valence-electron chi connectivity index (χ4n) is 2.21. The highest BCUT2D eigenvalue weighted by Crippen LogP contribution is 2.18. The van der Waals surface area contributed by atoms with Crippen LogP contribution in [0.2, 0.25) is 5.02 Å². The van der Waals surface area contributed by atoms with E-state index in [0.29, 0.717) is 22.4 Å². The Hall–Kier alpha value is -2.70. The summed E-state index contributed by atoms with van der Waals surface area (Å²) in [5, 5.41) is 16.9. The Labute approximate surface area is 149 Å². The van der Waals surface area contributed by atoms with Gasteiger partial charge in [-0.15, -0.1) is 0 Å². The molecule has 0 saturated carbocycles. The van der Waals surface area contributed by atoms with Crippen LogP contribution in [0.5, 0.6) is 0 Å². The fraction of sp³-hybridized carbons (Fsp3) is 0.111. The van der Waals surface area contributed by atoms with Gasteiger partial charge in [0.2, 0.25) is 5.95 Å². The zero-order valence-corrected chi connectivity index (χ0v) is 13.9. The van der Waals surface area contributed by atoms with E-state index >= 15 is 0 Å². The third kappa shape index (κ3) is 4.89. The van der Waals surface area contributed by atoms with E-state index in [1.54, 1.807) is 36.5 Å². The Balaban J connectivity index is 1.62. The number of anilines is 3. The van der Waals surface area contributed by atoms with E-state index in [1.807, 2.05) is 12.1 Å². The Morgan fingerprint density at radius 1 is 1.12 bits per heavy atom. The summed E-state index contributed by atoms with van der Waals surface area (Å²) in [6, 6.07) is 14.7. The molecule has 0 aliphatic carbocycles. The first-order valence-electron chi connectivity index (χ1n) is 7.63. The molecule has 0 aliphatic rings. The molecule has 7 heteroatoms. The number of benzene rings is 2. The first-order chi connectivity index (χ1) is 12.1. The highest BCUT2D eigenvalue weighted by molar-refractivity contribution is 6.30. The molecular formula is C18H16ClFN4O. The van der Waals surface area contributed by atoms with Crippen molar-refractivity contribution in [1.82, 2.24) is 9.97 Å². The second-order valence-corrected chi connectivity index (χ2v) is 5.79. The lowest BCUT2D eigenvalue weighted by atomic mass is 10.1. The number of aliphatic hydroxyl groups excluding tert-OH is 1. The predicted molar refractivity (Wildman–Crippen MR) is 96.6 cm³/mol. The number of halogens is 2. The average Bonchev–Trinajstić information content (AvgIpc) is 2.62. The summed E-state index contributed by atoms with van der Waals surface area (Å²) in [6.07, 6.45) is 0.751. The molecule has 0 saturated heterocycles. The van der Waals surface area contributed by atoms with Crippen LogP contribution in [0.25, 0.3) is 0 Å². The number of aromatic nitrogens is 2. The van der Waals surface area contributed by atoms with Crippen molar-refractivity contribution in [1.29, 1.82) is 0 Å². The molecule has 0 amide bonds. The van der Waals surface area contributed by atoms with Crippen molar-refractivity contribution in [3.63, 3.8) is 0 Å². The number of hydrogen-bond donors (Lipinski definition) is 3. The normalized spacial score (nSPS) is 11.8. The van der Waals surface area contributed by atoms with E-state index in [0.717, 1.165) is 5.69 Å². The van der Waals surface area contributed by atoms with Crippen LogP contribution in [0.15, 0.2) is 60.8 Å². The SMILES string of the molecule is OC(CNc1ccnc(Nc2ccc(Cl)cc2)n1)c1cccc(F)c1. The molecule has 1 unspecified atom stereocenters. The number of nitrogens with one attached hydrogen (secondary N) is 2. The quantitative estimate of drug-likeness (QED) is 0.617. The number of nitrogens with zero attached hydrogens (tertiary/aromatic N) is 2. The minimum Gasteiger partial charge on any atom is -0.387 e. The largest absolute Gasteiger partial charge is 0.387 e. The summed E-state index contributed by atoms with van der Waals surface area (Å²) in [4.78, 5) is 8.47. The molecule has 0 radical (unpaired) electrons. The van der Waals surface area contributed by atoms with E-state index in [-0.39, 0.29) is 12.4 Å². The number of hydrogen-bond acceptors (Lipinski definition) is 5. The summed E-state index contributed by atoms with van der Waals surface area (Å²) in [5.74, 6) is 0.572. The van der Waals surface area contributed by atoms with Gasteiger partial charge in [-0.25, -0.2) is 9.37 Å². The van der Waals surface area contributed by atoms with Crippen LogP contribution in [-0.2, 0) is 0 Å². The van der Waals surface area contributed by atoms with Crippen molar-refractivity contribution < 1.29 is 9.50 Å². The molecule has 3 rings (SSSR count). The van der Waals surface area contributed by atoms with E-state index in [2.05, 4.69) is 20.6 Å². The molecule has 3 aromatic rings. The van der Waals surface area contributed by atoms with Crippen molar-refractivity contribution in [3.05, 3.63) is 77.2 Å². The summed E-state index contributed by atoms with van der Waals surface area (Å²) in [6.45, 7) is 0.195. The molecule has 25 heavy (non-hydrogen) atoms. The topological polar surface area (TPSA) is 70.1 Å². The van der Waals surface area contributed by atoms with E-state index in [9.17, 15) is 9.50 Å². The molecule has 0 spiro atoms. The van der Waals surface area contributed by atoms with Gasteiger partial charge in [0.25, 0.3) is 0 Å². The van der Waals surface area contributed by atoms with Gasteiger partial charge in [0.05, 0.1) is 6.10 Å². The van der Waals surface area contributed by atoms with Gasteiger partial charge in [-0.05, 0) is 48.0 Å². The molecule has 1 atom stereocenters. The molecule has 2 aromatic carbocycles. The Kier molecular flexibility index (Phi) is 5.42. The fourth-order valence-corrected chi connectivity index (χ4v) is 2.34. The van der Waals surface area contributed by atoms with Crippen molar-refractivity contribution in [2.75, 3.05) is 17.2 Å². The Morgan fingerprint density at radius 3 is 2.68 bits per heavy atom. The molecule has 0 fully saturated rings. The summed E-state index contributed by atoms with van der Waals surface area (Å²) >= 11 is 5.85. The van der Waals surface area contributed by atoms with Gasteiger partial charge < -0.3 is 15.7 Å². The highest BCUT2D eigenvalue weighted by atomic mass is 35.5. The van der Waals surface area contributed by atoms with Crippen molar-refractivity contribution in [2.24, 2.45) is 0 Å². The van der Waals surface area contributed by atoms with Crippen LogP contribution in [0.4, 0.5) is 21.8 Å². The average molecular weight is 359 g/mol. The first-order valence-corrected chi connectivity index (χ1v) is 8.01. The third-order valence-electron chi connectivity index (χ3n) is 3.47. The van der Waals surface area contributed by atoms with Crippen LogP contribution in [0.1, 0.15) is 11.7 Å². The van der Waals surface area contributed by atoms with Gasteiger partial charge in [0.1, 0.15) is 11.6 Å². The third-order valence-corrected chi connectivity index (χ3v) is 3.72. The van der Waals surface area contributed by atoms with Crippen LogP contribution < -0.4 is 10.6 Å². The maximum Gasteiger partial charge on any atom is 0.229 e. The molecule has 5 nitrogen and oxygen atoms in total. The van der Waals surface area contributed by atoms with Crippen LogP contribution in [-0.4, -0.2) is 21.6 Å². The minimum atomic E-state index is -0.849. The standard InChI is InChI=1S/C18H16ClFN4O/c19-13-4-6-15(7-5-13)23-18-21-9-8-17(24-18)22-11-16(25)12-2-1-3-14(20)10-12/h1-10,16,25H,11H2,(H2,21,22,23,24).